The number of hydrogen-bond acceptors (Lipinski definition) is 5. The lowest BCUT2D eigenvalue weighted by molar-refractivity contribution is 0.601. The van der Waals surface area contributed by atoms with Gasteiger partial charge in [-0.15, -0.1) is 0 Å². The van der Waals surface area contributed by atoms with Gasteiger partial charge < -0.3 is 5.43 Å². The molecule has 0 bridgehead atoms. The van der Waals surface area contributed by atoms with E-state index in [0.29, 0.717) is 0 Å². The highest BCUT2D eigenvalue weighted by Crippen LogP contribution is 2.24. The molecule has 20 heavy (non-hydrogen) atoms. The molecule has 2 aromatic rings. The Morgan fingerprint density at radius 1 is 1.30 bits per heavy atom. The molecular formula is C11H10ClFN4O2S. The van der Waals surface area contributed by atoms with Crippen molar-refractivity contribution < 1.29 is 12.8 Å². The zero-order valence-electron chi connectivity index (χ0n) is 9.97. The summed E-state index contributed by atoms with van der Waals surface area (Å²) in [6.07, 6.45) is 2.51. The van der Waals surface area contributed by atoms with E-state index in [1.54, 1.807) is 0 Å². The predicted octanol–water partition coefficient (Wildman–Crippen LogP) is 1.96. The van der Waals surface area contributed by atoms with E-state index in [4.69, 9.17) is 17.4 Å². The molecular weight excluding hydrogens is 307 g/mol. The molecule has 1 aromatic heterocycles. The maximum Gasteiger partial charge on any atom is 0.265 e. The Bertz CT molecular complexity index is 719. The SMILES string of the molecule is NNc1ccncc1S(=O)(=O)Nc1cc(F)cc(Cl)c1. The van der Waals surface area contributed by atoms with Crippen molar-refractivity contribution in [1.29, 1.82) is 0 Å². The summed E-state index contributed by atoms with van der Waals surface area (Å²) in [6.45, 7) is 0. The third kappa shape index (κ3) is 3.16. The van der Waals surface area contributed by atoms with Crippen LogP contribution in [0.3, 0.4) is 0 Å². The number of hydrazine groups is 1. The quantitative estimate of drug-likeness (QED) is 0.592. The lowest BCUT2D eigenvalue weighted by atomic mass is 10.3. The van der Waals surface area contributed by atoms with Gasteiger partial charge in [0.1, 0.15) is 10.7 Å². The Morgan fingerprint density at radius 2 is 2.05 bits per heavy atom. The summed E-state index contributed by atoms with van der Waals surface area (Å²) in [6, 6.07) is 4.76. The fraction of sp³-hybridized carbons (Fsp3) is 0. The van der Waals surface area contributed by atoms with Crippen molar-refractivity contribution in [1.82, 2.24) is 4.98 Å². The van der Waals surface area contributed by atoms with Gasteiger partial charge in [0, 0.05) is 17.4 Å². The van der Waals surface area contributed by atoms with Crippen molar-refractivity contribution in [2.45, 2.75) is 4.90 Å². The van der Waals surface area contributed by atoms with E-state index < -0.39 is 15.8 Å². The van der Waals surface area contributed by atoms with Crippen LogP contribution in [0.5, 0.6) is 0 Å². The largest absolute Gasteiger partial charge is 0.323 e. The molecule has 0 spiro atoms. The fourth-order valence-corrected chi connectivity index (χ4v) is 2.91. The highest BCUT2D eigenvalue weighted by molar-refractivity contribution is 7.92. The first-order valence-electron chi connectivity index (χ1n) is 5.32. The van der Waals surface area contributed by atoms with Crippen LogP contribution >= 0.6 is 11.6 Å². The van der Waals surface area contributed by atoms with E-state index >= 15 is 0 Å². The molecule has 0 aliphatic rings. The number of rotatable bonds is 4. The molecule has 4 N–H and O–H groups in total. The number of anilines is 2. The van der Waals surface area contributed by atoms with Gasteiger partial charge in [-0.25, -0.2) is 12.8 Å². The third-order valence-electron chi connectivity index (χ3n) is 2.34. The molecule has 2 rings (SSSR count). The van der Waals surface area contributed by atoms with Crippen molar-refractivity contribution in [3.05, 3.63) is 47.5 Å². The van der Waals surface area contributed by atoms with Crippen LogP contribution in [0.1, 0.15) is 0 Å². The number of benzene rings is 1. The molecule has 0 saturated carbocycles. The Hall–Kier alpha value is -1.90. The number of nitrogens with one attached hydrogen (secondary N) is 2. The van der Waals surface area contributed by atoms with Gasteiger partial charge >= 0.3 is 0 Å². The van der Waals surface area contributed by atoms with Gasteiger partial charge in [0.2, 0.25) is 0 Å². The molecule has 1 aromatic carbocycles. The van der Waals surface area contributed by atoms with Crippen molar-refractivity contribution in [2.75, 3.05) is 10.1 Å². The van der Waals surface area contributed by atoms with Crippen molar-refractivity contribution in [2.24, 2.45) is 5.84 Å². The first-order chi connectivity index (χ1) is 9.42. The van der Waals surface area contributed by atoms with Gasteiger partial charge in [-0.1, -0.05) is 11.6 Å². The number of aromatic nitrogens is 1. The molecule has 0 amide bonds. The topological polar surface area (TPSA) is 97.1 Å². The second kappa shape index (κ2) is 5.61. The first kappa shape index (κ1) is 14.5. The standard InChI is InChI=1S/C11H10ClFN4O2S/c12-7-3-8(13)5-9(4-7)17-20(18,19)11-6-15-2-1-10(11)16-14/h1-6,17H,14H2,(H,15,16). The highest BCUT2D eigenvalue weighted by Gasteiger charge is 2.19. The van der Waals surface area contributed by atoms with Crippen LogP contribution in [0.25, 0.3) is 0 Å². The molecule has 9 heteroatoms. The van der Waals surface area contributed by atoms with Crippen molar-refractivity contribution in [3.63, 3.8) is 0 Å². The summed E-state index contributed by atoms with van der Waals surface area (Å²) in [5.41, 5.74) is 2.41. The molecule has 0 aliphatic heterocycles. The summed E-state index contributed by atoms with van der Waals surface area (Å²) < 4.78 is 39.8. The lowest BCUT2D eigenvalue weighted by Gasteiger charge is -2.11. The second-order valence-electron chi connectivity index (χ2n) is 3.78. The predicted molar refractivity (Wildman–Crippen MR) is 74.3 cm³/mol. The average Bonchev–Trinajstić information content (AvgIpc) is 2.36. The van der Waals surface area contributed by atoms with Crippen molar-refractivity contribution >= 4 is 33.0 Å². The monoisotopic (exact) mass is 316 g/mol. The summed E-state index contributed by atoms with van der Waals surface area (Å²) in [5.74, 6) is 4.58. The molecule has 6 nitrogen and oxygen atoms in total. The number of hydrogen-bond donors (Lipinski definition) is 3. The zero-order valence-corrected chi connectivity index (χ0v) is 11.5. The Labute approximate surface area is 119 Å². The van der Waals surface area contributed by atoms with Gasteiger partial charge in [0.25, 0.3) is 10.0 Å². The minimum absolute atomic E-state index is 0.00169. The van der Waals surface area contributed by atoms with Gasteiger partial charge in [-0.3, -0.25) is 15.5 Å². The number of nitrogens with zero attached hydrogens (tertiary/aromatic N) is 1. The molecule has 106 valence electrons. The Balaban J connectivity index is 2.41. The summed E-state index contributed by atoms with van der Waals surface area (Å²) >= 11 is 5.66. The van der Waals surface area contributed by atoms with Crippen LogP contribution in [0, 0.1) is 5.82 Å². The van der Waals surface area contributed by atoms with E-state index in [0.717, 1.165) is 18.3 Å². The number of pyridine rings is 1. The van der Waals surface area contributed by atoms with Gasteiger partial charge in [-0.2, -0.15) is 0 Å². The number of sulfonamides is 1. The number of nitrogen functional groups attached to an aromatic ring is 1. The molecule has 0 aliphatic carbocycles. The second-order valence-corrected chi connectivity index (χ2v) is 5.87. The van der Waals surface area contributed by atoms with Crippen LogP contribution in [-0.2, 0) is 10.0 Å². The fourth-order valence-electron chi connectivity index (χ4n) is 1.54. The molecule has 0 atom stereocenters. The average molecular weight is 317 g/mol. The minimum Gasteiger partial charge on any atom is -0.323 e. The van der Waals surface area contributed by atoms with E-state index in [1.165, 1.54) is 18.3 Å². The molecule has 0 saturated heterocycles. The van der Waals surface area contributed by atoms with E-state index in [2.05, 4.69) is 15.1 Å². The summed E-state index contributed by atoms with van der Waals surface area (Å²) in [7, 11) is -3.97. The molecule has 0 unspecified atom stereocenters. The minimum atomic E-state index is -3.97. The summed E-state index contributed by atoms with van der Waals surface area (Å²) in [5, 5.41) is 0.0751. The Kier molecular flexibility index (Phi) is 4.07. The Morgan fingerprint density at radius 3 is 2.70 bits per heavy atom. The van der Waals surface area contributed by atoms with E-state index in [-0.39, 0.29) is 21.3 Å². The van der Waals surface area contributed by atoms with Crippen LogP contribution in [0.2, 0.25) is 5.02 Å². The van der Waals surface area contributed by atoms with Gasteiger partial charge in [0.15, 0.2) is 0 Å². The smallest absolute Gasteiger partial charge is 0.265 e. The van der Waals surface area contributed by atoms with Crippen LogP contribution in [-0.4, -0.2) is 13.4 Å². The highest BCUT2D eigenvalue weighted by atomic mass is 35.5. The van der Waals surface area contributed by atoms with Crippen molar-refractivity contribution in [3.8, 4) is 0 Å². The van der Waals surface area contributed by atoms with E-state index in [1.807, 2.05) is 0 Å². The third-order valence-corrected chi connectivity index (χ3v) is 3.97. The van der Waals surface area contributed by atoms with Crippen LogP contribution in [0.15, 0.2) is 41.6 Å². The normalized spacial score (nSPS) is 11.2. The molecule has 0 radical (unpaired) electrons. The maximum atomic E-state index is 13.2. The van der Waals surface area contributed by atoms with Gasteiger partial charge in [-0.05, 0) is 24.3 Å². The number of nitrogens with two attached hydrogens (primary N) is 1. The molecule has 0 fully saturated rings. The first-order valence-corrected chi connectivity index (χ1v) is 7.18. The number of halogens is 2. The zero-order chi connectivity index (χ0) is 14.8. The van der Waals surface area contributed by atoms with Gasteiger partial charge in [0.05, 0.1) is 11.4 Å². The lowest BCUT2D eigenvalue weighted by Crippen LogP contribution is -2.18. The summed E-state index contributed by atoms with van der Waals surface area (Å²) in [4.78, 5) is 3.56. The van der Waals surface area contributed by atoms with Crippen LogP contribution in [0.4, 0.5) is 15.8 Å². The molecule has 1 heterocycles. The maximum absolute atomic E-state index is 13.2. The van der Waals surface area contributed by atoms with E-state index in [9.17, 15) is 12.8 Å². The van der Waals surface area contributed by atoms with Crippen LogP contribution < -0.4 is 16.0 Å².